The summed E-state index contributed by atoms with van der Waals surface area (Å²) in [6.45, 7) is 3.75. The lowest BCUT2D eigenvalue weighted by Gasteiger charge is -2.30. The second-order valence-corrected chi connectivity index (χ2v) is 6.42. The molecule has 0 radical (unpaired) electrons. The van der Waals surface area contributed by atoms with Crippen LogP contribution in [0.2, 0.25) is 0 Å². The number of carbonyl (C=O) groups excluding carboxylic acids is 1. The first-order valence-electron chi connectivity index (χ1n) is 8.02. The van der Waals surface area contributed by atoms with E-state index in [4.69, 9.17) is 12.2 Å². The summed E-state index contributed by atoms with van der Waals surface area (Å²) >= 11 is 5.29. The van der Waals surface area contributed by atoms with Crippen molar-refractivity contribution in [2.45, 2.75) is 45.6 Å². The van der Waals surface area contributed by atoms with Crippen LogP contribution < -0.4 is 16.1 Å². The van der Waals surface area contributed by atoms with Gasteiger partial charge in [0.15, 0.2) is 5.11 Å². The van der Waals surface area contributed by atoms with Crippen molar-refractivity contribution in [2.24, 2.45) is 11.0 Å². The first kappa shape index (κ1) is 17.4. The maximum Gasteiger partial charge on any atom is 0.221 e. The number of hydrogen-bond donors (Lipinski definition) is 3. The van der Waals surface area contributed by atoms with E-state index in [0.717, 1.165) is 17.7 Å². The molecular weight excluding hydrogens is 308 g/mol. The molecule has 2 atom stereocenters. The fourth-order valence-corrected chi connectivity index (χ4v) is 2.96. The van der Waals surface area contributed by atoms with E-state index in [1.807, 2.05) is 24.3 Å². The Morgan fingerprint density at radius 3 is 2.61 bits per heavy atom. The lowest BCUT2D eigenvalue weighted by molar-refractivity contribution is -0.114. The minimum atomic E-state index is -0.0820. The zero-order valence-electron chi connectivity index (χ0n) is 13.6. The molecule has 5 nitrogen and oxygen atoms in total. The van der Waals surface area contributed by atoms with Crippen LogP contribution in [0.15, 0.2) is 29.4 Å². The number of benzene rings is 1. The molecule has 0 unspecified atom stereocenters. The summed E-state index contributed by atoms with van der Waals surface area (Å²) in [6.07, 6.45) is 6.69. The van der Waals surface area contributed by atoms with Crippen LogP contribution in [0.3, 0.4) is 0 Å². The van der Waals surface area contributed by atoms with Gasteiger partial charge in [-0.15, -0.1) is 0 Å². The highest BCUT2D eigenvalue weighted by atomic mass is 32.1. The molecule has 0 heterocycles. The number of thiocarbonyl (C=S) groups is 1. The maximum absolute atomic E-state index is 11.0. The number of rotatable bonds is 4. The molecule has 1 aromatic carbocycles. The molecule has 124 valence electrons. The Bertz CT molecular complexity index is 570. The highest BCUT2D eigenvalue weighted by Crippen LogP contribution is 2.23. The second kappa shape index (κ2) is 8.62. The van der Waals surface area contributed by atoms with Gasteiger partial charge in [0.05, 0.1) is 6.21 Å². The third kappa shape index (κ3) is 5.98. The van der Waals surface area contributed by atoms with Crippen LogP contribution >= 0.6 is 12.2 Å². The highest BCUT2D eigenvalue weighted by Gasteiger charge is 2.21. The van der Waals surface area contributed by atoms with Crippen molar-refractivity contribution in [1.29, 1.82) is 0 Å². The first-order chi connectivity index (χ1) is 11.0. The molecule has 0 aliphatic heterocycles. The monoisotopic (exact) mass is 332 g/mol. The molecule has 3 N–H and O–H groups in total. The van der Waals surface area contributed by atoms with Crippen molar-refractivity contribution in [1.82, 2.24) is 10.7 Å². The lowest BCUT2D eigenvalue weighted by atomic mass is 9.86. The molecule has 0 aromatic heterocycles. The van der Waals surface area contributed by atoms with Crippen molar-refractivity contribution in [3.05, 3.63) is 29.8 Å². The largest absolute Gasteiger partial charge is 0.358 e. The Morgan fingerprint density at radius 2 is 1.96 bits per heavy atom. The Balaban J connectivity index is 1.79. The smallest absolute Gasteiger partial charge is 0.221 e. The molecular formula is C17H24N4OS. The average molecular weight is 332 g/mol. The van der Waals surface area contributed by atoms with Crippen LogP contribution in [0.5, 0.6) is 0 Å². The molecule has 1 aliphatic carbocycles. The van der Waals surface area contributed by atoms with Crippen molar-refractivity contribution in [2.75, 3.05) is 5.32 Å². The molecule has 2 rings (SSSR count). The van der Waals surface area contributed by atoms with E-state index < -0.39 is 0 Å². The minimum absolute atomic E-state index is 0.0820. The van der Waals surface area contributed by atoms with Crippen molar-refractivity contribution in [3.8, 4) is 0 Å². The van der Waals surface area contributed by atoms with Crippen LogP contribution in [0.25, 0.3) is 0 Å². The zero-order valence-corrected chi connectivity index (χ0v) is 14.5. The van der Waals surface area contributed by atoms with E-state index in [1.54, 1.807) is 6.21 Å². The van der Waals surface area contributed by atoms with E-state index in [1.165, 1.54) is 26.2 Å². The van der Waals surface area contributed by atoms with E-state index in [0.29, 0.717) is 17.1 Å². The summed E-state index contributed by atoms with van der Waals surface area (Å²) in [5.41, 5.74) is 4.57. The minimum Gasteiger partial charge on any atom is -0.358 e. The van der Waals surface area contributed by atoms with Gasteiger partial charge in [0, 0.05) is 18.7 Å². The molecule has 1 aromatic rings. The number of nitrogens with one attached hydrogen (secondary N) is 3. The van der Waals surface area contributed by atoms with E-state index >= 15 is 0 Å². The summed E-state index contributed by atoms with van der Waals surface area (Å²) in [6, 6.07) is 7.88. The molecule has 0 bridgehead atoms. The van der Waals surface area contributed by atoms with Crippen molar-refractivity contribution >= 4 is 35.1 Å². The normalized spacial score (nSPS) is 21.0. The predicted molar refractivity (Wildman–Crippen MR) is 98.6 cm³/mol. The van der Waals surface area contributed by atoms with Crippen molar-refractivity contribution in [3.63, 3.8) is 0 Å². The molecule has 1 saturated carbocycles. The van der Waals surface area contributed by atoms with Gasteiger partial charge in [0.2, 0.25) is 5.91 Å². The number of hydrazone groups is 1. The third-order valence-electron chi connectivity index (χ3n) is 4.04. The Labute approximate surface area is 142 Å². The number of nitrogens with zero attached hydrogens (tertiary/aromatic N) is 1. The van der Waals surface area contributed by atoms with Gasteiger partial charge in [0.1, 0.15) is 0 Å². The average Bonchev–Trinajstić information content (AvgIpc) is 2.51. The van der Waals surface area contributed by atoms with Crippen LogP contribution in [-0.2, 0) is 4.79 Å². The first-order valence-corrected chi connectivity index (χ1v) is 8.42. The van der Waals surface area contributed by atoms with Crippen LogP contribution in [-0.4, -0.2) is 23.3 Å². The molecule has 1 fully saturated rings. The van der Waals surface area contributed by atoms with Crippen LogP contribution in [0.1, 0.15) is 45.1 Å². The van der Waals surface area contributed by atoms with Gasteiger partial charge in [0.25, 0.3) is 0 Å². The Kier molecular flexibility index (Phi) is 6.52. The highest BCUT2D eigenvalue weighted by molar-refractivity contribution is 7.80. The van der Waals surface area contributed by atoms with Crippen LogP contribution in [0.4, 0.5) is 5.69 Å². The van der Waals surface area contributed by atoms with Gasteiger partial charge in [-0.2, -0.15) is 5.10 Å². The summed E-state index contributed by atoms with van der Waals surface area (Å²) in [5, 5.41) is 10.8. The van der Waals surface area contributed by atoms with E-state index in [9.17, 15) is 4.79 Å². The topological polar surface area (TPSA) is 65.5 Å². The summed E-state index contributed by atoms with van der Waals surface area (Å²) in [4.78, 5) is 11.0. The van der Waals surface area contributed by atoms with Gasteiger partial charge in [-0.1, -0.05) is 31.9 Å². The molecule has 1 amide bonds. The van der Waals surface area contributed by atoms with Crippen molar-refractivity contribution < 1.29 is 4.79 Å². The maximum atomic E-state index is 11.0. The van der Waals surface area contributed by atoms with Gasteiger partial charge >= 0.3 is 0 Å². The number of hydrogen-bond acceptors (Lipinski definition) is 3. The van der Waals surface area contributed by atoms with E-state index in [-0.39, 0.29) is 5.91 Å². The Morgan fingerprint density at radius 1 is 1.26 bits per heavy atom. The van der Waals surface area contributed by atoms with Gasteiger partial charge in [-0.25, -0.2) is 0 Å². The summed E-state index contributed by atoms with van der Waals surface area (Å²) < 4.78 is 0. The van der Waals surface area contributed by atoms with Gasteiger partial charge in [-0.3, -0.25) is 10.2 Å². The number of amides is 1. The zero-order chi connectivity index (χ0) is 16.7. The standard InChI is InChI=1S/C17H24N4OS/c1-12-5-3-4-6-16(12)20-17(23)21-18-11-14-7-9-15(10-8-14)19-13(2)22/h7-12,16H,3-6H2,1-2H3,(H,19,22)(H2,20,21,23)/b18-11-/t12-,16+/m1/s1. The molecule has 0 spiro atoms. The summed E-state index contributed by atoms with van der Waals surface area (Å²) in [5.74, 6) is 0.565. The van der Waals surface area contributed by atoms with Gasteiger partial charge in [-0.05, 0) is 48.7 Å². The third-order valence-corrected chi connectivity index (χ3v) is 4.25. The Hall–Kier alpha value is -1.95. The molecule has 1 aliphatic rings. The predicted octanol–water partition coefficient (Wildman–Crippen LogP) is 3.02. The quantitative estimate of drug-likeness (QED) is 0.450. The molecule has 0 saturated heterocycles. The SMILES string of the molecule is CC(=O)Nc1ccc(/C=N\NC(=S)N[C@H]2CCCC[C@H]2C)cc1. The number of anilines is 1. The van der Waals surface area contributed by atoms with Crippen LogP contribution in [0, 0.1) is 5.92 Å². The fourth-order valence-electron chi connectivity index (χ4n) is 2.75. The molecule has 6 heteroatoms. The molecule has 23 heavy (non-hydrogen) atoms. The van der Waals surface area contributed by atoms with E-state index in [2.05, 4.69) is 28.1 Å². The van der Waals surface area contributed by atoms with Gasteiger partial charge < -0.3 is 10.6 Å². The number of carbonyl (C=O) groups is 1. The summed E-state index contributed by atoms with van der Waals surface area (Å²) in [7, 11) is 0. The lowest BCUT2D eigenvalue weighted by Crippen LogP contribution is -2.44. The fraction of sp³-hybridized carbons (Fsp3) is 0.471. The second-order valence-electron chi connectivity index (χ2n) is 6.01.